The average Bonchev–Trinajstić information content (AvgIpc) is 3.51. The summed E-state index contributed by atoms with van der Waals surface area (Å²) in [5, 5.41) is 0.925. The van der Waals surface area contributed by atoms with Crippen molar-refractivity contribution in [1.82, 2.24) is 20.1 Å². The zero-order valence-electron chi connectivity index (χ0n) is 21.8. The van der Waals surface area contributed by atoms with E-state index in [2.05, 4.69) is 31.2 Å². The van der Waals surface area contributed by atoms with E-state index in [0.29, 0.717) is 5.56 Å². The molecule has 5 aromatic rings. The highest BCUT2D eigenvalue weighted by atomic mass is 79.9. The summed E-state index contributed by atoms with van der Waals surface area (Å²) in [5.74, 6) is -0.980. The van der Waals surface area contributed by atoms with E-state index in [0.717, 1.165) is 37.8 Å². The summed E-state index contributed by atoms with van der Waals surface area (Å²) in [7, 11) is -4.04. The van der Waals surface area contributed by atoms with Crippen LogP contribution in [0.25, 0.3) is 22.2 Å². The summed E-state index contributed by atoms with van der Waals surface area (Å²) in [6, 6.07) is 29.4. The van der Waals surface area contributed by atoms with Crippen LogP contribution in [0.3, 0.4) is 0 Å². The topological polar surface area (TPSA) is 111 Å². The first kappa shape index (κ1) is 26.9. The van der Waals surface area contributed by atoms with Crippen LogP contribution in [0.5, 0.6) is 0 Å². The van der Waals surface area contributed by atoms with E-state index in [4.69, 9.17) is 0 Å². The molecule has 1 aliphatic heterocycles. The summed E-state index contributed by atoms with van der Waals surface area (Å²) in [4.78, 5) is 34.5. The standard InChI is InChI=1S/C31H25BrN4O4S/c1-19(30(37)34-35-41(39,40)22-17-15-21(32)16-18-22)36-29(23-11-5-6-12-24(23)31(36)38)27-25-13-7-8-14-26(25)33-28(27)20-9-3-2-4-10-20/h2-19,29,33,35H,1H3,(H,34,37). The minimum absolute atomic E-state index is 0.0116. The van der Waals surface area contributed by atoms with E-state index in [1.54, 1.807) is 31.2 Å². The lowest BCUT2D eigenvalue weighted by Crippen LogP contribution is -2.52. The fraction of sp³-hybridized carbons (Fsp3) is 0.0968. The van der Waals surface area contributed by atoms with Gasteiger partial charge in [-0.25, -0.2) is 8.42 Å². The number of amides is 2. The number of carbonyl (C=O) groups excluding carboxylic acids is 2. The number of fused-ring (bicyclic) bond motifs is 2. The Morgan fingerprint density at radius 3 is 2.32 bits per heavy atom. The lowest BCUT2D eigenvalue weighted by molar-refractivity contribution is -0.126. The molecular weight excluding hydrogens is 604 g/mol. The van der Waals surface area contributed by atoms with E-state index in [1.165, 1.54) is 17.0 Å². The van der Waals surface area contributed by atoms with Crippen LogP contribution in [0.2, 0.25) is 0 Å². The van der Waals surface area contributed by atoms with Gasteiger partial charge in [-0.2, -0.15) is 0 Å². The molecule has 0 radical (unpaired) electrons. The number of hydrogen-bond acceptors (Lipinski definition) is 4. The third-order valence-corrected chi connectivity index (χ3v) is 9.10. The zero-order valence-corrected chi connectivity index (χ0v) is 24.2. The summed E-state index contributed by atoms with van der Waals surface area (Å²) in [5.41, 5.74) is 7.13. The van der Waals surface area contributed by atoms with Crippen molar-refractivity contribution in [3.05, 3.63) is 124 Å². The van der Waals surface area contributed by atoms with Crippen LogP contribution in [0.4, 0.5) is 0 Å². The molecule has 2 atom stereocenters. The molecule has 206 valence electrons. The van der Waals surface area contributed by atoms with Crippen molar-refractivity contribution in [2.45, 2.75) is 23.9 Å². The predicted molar refractivity (Wildman–Crippen MR) is 160 cm³/mol. The first-order valence-electron chi connectivity index (χ1n) is 12.9. The molecule has 6 rings (SSSR count). The van der Waals surface area contributed by atoms with Crippen molar-refractivity contribution in [3.8, 4) is 11.3 Å². The number of H-pyrrole nitrogens is 1. The van der Waals surface area contributed by atoms with Crippen molar-refractivity contribution in [3.63, 3.8) is 0 Å². The second-order valence-corrected chi connectivity index (χ2v) is 12.4. The fourth-order valence-electron chi connectivity index (χ4n) is 5.33. The number of benzene rings is 4. The number of aromatic nitrogens is 1. The van der Waals surface area contributed by atoms with Crippen molar-refractivity contribution in [1.29, 1.82) is 0 Å². The Morgan fingerprint density at radius 1 is 0.902 bits per heavy atom. The first-order chi connectivity index (χ1) is 19.8. The van der Waals surface area contributed by atoms with Crippen LogP contribution in [0.1, 0.15) is 34.5 Å². The third kappa shape index (κ3) is 4.84. The molecule has 2 heterocycles. The van der Waals surface area contributed by atoms with Gasteiger partial charge in [0, 0.05) is 26.5 Å². The molecule has 10 heteroatoms. The van der Waals surface area contributed by atoms with Gasteiger partial charge in [-0.05, 0) is 54.4 Å². The van der Waals surface area contributed by atoms with Crippen molar-refractivity contribution in [2.75, 3.05) is 0 Å². The Hall–Kier alpha value is -4.25. The van der Waals surface area contributed by atoms with E-state index < -0.39 is 28.0 Å². The number of rotatable bonds is 7. The van der Waals surface area contributed by atoms with Crippen molar-refractivity contribution >= 4 is 48.7 Å². The maximum atomic E-state index is 13.9. The van der Waals surface area contributed by atoms with Gasteiger partial charge in [0.1, 0.15) is 6.04 Å². The number of hydrogen-bond donors (Lipinski definition) is 3. The Bertz CT molecular complexity index is 1890. The van der Waals surface area contributed by atoms with Crippen LogP contribution in [-0.2, 0) is 14.8 Å². The van der Waals surface area contributed by atoms with Gasteiger partial charge in [-0.3, -0.25) is 15.0 Å². The molecule has 3 N–H and O–H groups in total. The van der Waals surface area contributed by atoms with Crippen LogP contribution in [0.15, 0.2) is 112 Å². The molecule has 0 aliphatic carbocycles. The van der Waals surface area contributed by atoms with Gasteiger partial charge in [-0.15, -0.1) is 4.83 Å². The molecule has 8 nitrogen and oxygen atoms in total. The average molecular weight is 630 g/mol. The number of hydrazine groups is 1. The number of sulfonamides is 1. The van der Waals surface area contributed by atoms with E-state index in [-0.39, 0.29) is 10.8 Å². The summed E-state index contributed by atoms with van der Waals surface area (Å²) < 4.78 is 26.3. The van der Waals surface area contributed by atoms with Crippen LogP contribution < -0.4 is 10.3 Å². The maximum Gasteiger partial charge on any atom is 0.257 e. The molecular formula is C31H25BrN4O4S. The van der Waals surface area contributed by atoms with Crippen molar-refractivity contribution in [2.24, 2.45) is 0 Å². The molecule has 2 unspecified atom stereocenters. The monoisotopic (exact) mass is 628 g/mol. The number of nitrogens with one attached hydrogen (secondary N) is 3. The molecule has 0 bridgehead atoms. The van der Waals surface area contributed by atoms with Gasteiger partial charge in [0.2, 0.25) is 0 Å². The molecule has 4 aromatic carbocycles. The molecule has 0 saturated carbocycles. The smallest absolute Gasteiger partial charge is 0.257 e. The molecule has 0 fully saturated rings. The van der Waals surface area contributed by atoms with Gasteiger partial charge < -0.3 is 9.88 Å². The summed E-state index contributed by atoms with van der Waals surface area (Å²) in [6.45, 7) is 1.59. The highest BCUT2D eigenvalue weighted by molar-refractivity contribution is 9.10. The second-order valence-electron chi connectivity index (χ2n) is 9.75. The van der Waals surface area contributed by atoms with Gasteiger partial charge in [-0.1, -0.05) is 82.7 Å². The number of halogens is 1. The minimum Gasteiger partial charge on any atom is -0.354 e. The second kappa shape index (κ2) is 10.6. The van der Waals surface area contributed by atoms with Gasteiger partial charge >= 0.3 is 0 Å². The van der Waals surface area contributed by atoms with Gasteiger partial charge in [0.25, 0.3) is 21.8 Å². The molecule has 0 spiro atoms. The number of nitrogens with zero attached hydrogens (tertiary/aromatic N) is 1. The molecule has 1 aromatic heterocycles. The first-order valence-corrected chi connectivity index (χ1v) is 15.2. The summed E-state index contributed by atoms with van der Waals surface area (Å²) >= 11 is 3.28. The number of para-hydroxylation sites is 1. The number of aromatic amines is 1. The van der Waals surface area contributed by atoms with E-state index >= 15 is 0 Å². The fourth-order valence-corrected chi connectivity index (χ4v) is 6.44. The Morgan fingerprint density at radius 2 is 1.56 bits per heavy atom. The molecule has 2 amide bonds. The number of carbonyl (C=O) groups is 2. The lowest BCUT2D eigenvalue weighted by Gasteiger charge is -2.31. The lowest BCUT2D eigenvalue weighted by atomic mass is 9.92. The van der Waals surface area contributed by atoms with Crippen LogP contribution in [0, 0.1) is 0 Å². The van der Waals surface area contributed by atoms with Gasteiger partial charge in [0.15, 0.2) is 0 Å². The van der Waals surface area contributed by atoms with E-state index in [1.807, 2.05) is 66.7 Å². The quantitative estimate of drug-likeness (QED) is 0.205. The van der Waals surface area contributed by atoms with Gasteiger partial charge in [0.05, 0.1) is 16.6 Å². The van der Waals surface area contributed by atoms with Crippen LogP contribution in [-0.4, -0.2) is 36.2 Å². The maximum absolute atomic E-state index is 13.9. The molecule has 0 saturated heterocycles. The third-order valence-electron chi connectivity index (χ3n) is 7.31. The van der Waals surface area contributed by atoms with E-state index in [9.17, 15) is 18.0 Å². The van der Waals surface area contributed by atoms with Crippen LogP contribution >= 0.6 is 15.9 Å². The Labute approximate surface area is 245 Å². The molecule has 1 aliphatic rings. The highest BCUT2D eigenvalue weighted by Crippen LogP contribution is 2.46. The predicted octanol–water partition coefficient (Wildman–Crippen LogP) is 5.54. The largest absolute Gasteiger partial charge is 0.354 e. The zero-order chi connectivity index (χ0) is 28.7. The SMILES string of the molecule is CC(C(=O)NNS(=O)(=O)c1ccc(Br)cc1)N1C(=O)c2ccccc2C1c1c(-c2ccccc2)[nH]c2ccccc12. The normalized spacial score (nSPS) is 15.6. The minimum atomic E-state index is -4.04. The highest BCUT2D eigenvalue weighted by Gasteiger charge is 2.44. The molecule has 41 heavy (non-hydrogen) atoms. The Kier molecular flexibility index (Phi) is 6.98. The van der Waals surface area contributed by atoms with Crippen molar-refractivity contribution < 1.29 is 18.0 Å². The summed E-state index contributed by atoms with van der Waals surface area (Å²) in [6.07, 6.45) is 0. The Balaban J connectivity index is 1.40.